The summed E-state index contributed by atoms with van der Waals surface area (Å²) in [6, 6.07) is -5.19. The Hall–Kier alpha value is -8.42. The van der Waals surface area contributed by atoms with E-state index in [-0.39, 0.29) is 96.6 Å². The highest BCUT2D eigenvalue weighted by Crippen LogP contribution is 2.40. The van der Waals surface area contributed by atoms with Gasteiger partial charge in [-0.3, -0.25) is 57.5 Å². The summed E-state index contributed by atoms with van der Waals surface area (Å²) in [4.78, 5) is 193. The third-order valence-electron chi connectivity index (χ3n) is 22.4. The molecule has 26 nitrogen and oxygen atoms in total. The fraction of sp³-hybridized carbons (Fsp3) is 0.680. The van der Waals surface area contributed by atoms with E-state index in [0.29, 0.717) is 75.5 Å². The van der Waals surface area contributed by atoms with Gasteiger partial charge >= 0.3 is 6.18 Å². The van der Waals surface area contributed by atoms with E-state index in [1.54, 1.807) is 34.6 Å². The average molecular weight is 1510 g/mol. The van der Waals surface area contributed by atoms with E-state index in [2.05, 4.69) is 16.0 Å². The van der Waals surface area contributed by atoms with Crippen LogP contribution in [-0.2, 0) is 86.0 Å². The number of benzene rings is 2. The van der Waals surface area contributed by atoms with Crippen LogP contribution in [0.1, 0.15) is 154 Å². The molecule has 3 N–H and O–H groups in total. The van der Waals surface area contributed by atoms with E-state index >= 15 is 47.1 Å². The predicted octanol–water partition coefficient (Wildman–Crippen LogP) is 4.61. The van der Waals surface area contributed by atoms with Crippen LogP contribution in [0.2, 0.25) is 0 Å². The Kier molecular flexibility index (Phi) is 29.2. The number of hydrogen-bond donors (Lipinski definition) is 3. The summed E-state index contributed by atoms with van der Waals surface area (Å²) in [7, 11) is 6.78. The number of carbonyl (C=O) groups is 12. The molecular weight excluding hydrogens is 1410 g/mol. The molecular formula is C75H106F6N12O14. The van der Waals surface area contributed by atoms with Crippen molar-refractivity contribution in [1.82, 2.24) is 60.0 Å². The Bertz CT molecular complexity index is 3530. The lowest BCUT2D eigenvalue weighted by atomic mass is 9.74. The molecule has 4 heterocycles. The first-order valence-electron chi connectivity index (χ1n) is 37.6. The molecule has 32 heteroatoms. The van der Waals surface area contributed by atoms with Crippen LogP contribution >= 0.6 is 0 Å². The van der Waals surface area contributed by atoms with Crippen molar-refractivity contribution in [3.05, 3.63) is 70.5 Å². The van der Waals surface area contributed by atoms with E-state index in [0.717, 1.165) is 31.7 Å². The van der Waals surface area contributed by atoms with Gasteiger partial charge in [-0.25, -0.2) is 13.2 Å². The van der Waals surface area contributed by atoms with Crippen LogP contribution in [-0.4, -0.2) is 276 Å². The van der Waals surface area contributed by atoms with Gasteiger partial charge < -0.3 is 69.5 Å². The molecule has 12 amide bonds. The Morgan fingerprint density at radius 2 is 1.30 bits per heavy atom. The lowest BCUT2D eigenvalue weighted by Gasteiger charge is -2.47. The minimum atomic E-state index is -5.43. The number of halogens is 6. The first-order valence-corrected chi connectivity index (χ1v) is 37.6. The highest BCUT2D eigenvalue weighted by Gasteiger charge is 2.54. The number of fused-ring (bicyclic) bond motifs is 3. The summed E-state index contributed by atoms with van der Waals surface area (Å²) >= 11 is 0. The summed E-state index contributed by atoms with van der Waals surface area (Å²) in [5.41, 5.74) is -3.83. The molecule has 2 aliphatic carbocycles. The van der Waals surface area contributed by atoms with Crippen molar-refractivity contribution in [2.45, 2.75) is 216 Å². The number of aryl methyl sites for hydroxylation is 1. The zero-order valence-electron chi connectivity index (χ0n) is 63.1. The largest absolute Gasteiger partial charge is 0.422 e. The second kappa shape index (κ2) is 37.1. The van der Waals surface area contributed by atoms with Crippen molar-refractivity contribution in [3.8, 4) is 0 Å². The minimum Gasteiger partial charge on any atom is -0.378 e. The molecule has 2 aromatic rings. The number of morpholine rings is 1. The first-order chi connectivity index (χ1) is 50.7. The molecule has 4 aliphatic heterocycles. The van der Waals surface area contributed by atoms with Gasteiger partial charge in [-0.05, 0) is 125 Å². The van der Waals surface area contributed by atoms with Crippen LogP contribution in [0.3, 0.4) is 0 Å². The van der Waals surface area contributed by atoms with E-state index in [9.17, 15) is 36.7 Å². The zero-order valence-corrected chi connectivity index (χ0v) is 63.1. The van der Waals surface area contributed by atoms with Crippen LogP contribution in [0.25, 0.3) is 0 Å². The van der Waals surface area contributed by atoms with Gasteiger partial charge in [0.25, 0.3) is 0 Å². The normalized spacial score (nSPS) is 26.7. The SMILES string of the molecule is CCO[C@@H]1C[C@H]2C(=O)NC3(CCC3)C(=O)N(C)[C@@H](C3CCCC3)C(=O)N(CC)[C@H](C(=O)N3CCOCC3)CC(=O)N(C)[C@@H](CC)C(=O)N[C@@H]([C@@H](C)CC)C(=O)N(C)CC(=O)N(C)[C@H]3CCCCCN(C3=O)[C@@H](Cc3ccc(F)cc3)C(=O)N(C)CC(=O)N[C@@H](CCc3cc(F)c(C(F)(F)F)c(F)c3)C(=O)N2C1. The number of nitrogens with zero attached hydrogens (tertiary/aromatic N) is 9. The summed E-state index contributed by atoms with van der Waals surface area (Å²) in [6.07, 6.45) is -3.78. The Morgan fingerprint density at radius 1 is 0.664 bits per heavy atom. The maximum atomic E-state index is 15.9. The quantitative estimate of drug-likeness (QED) is 0.231. The number of alkyl halides is 3. The molecule has 592 valence electrons. The third-order valence-corrected chi connectivity index (χ3v) is 22.4. The fourth-order valence-electron chi connectivity index (χ4n) is 15.8. The lowest BCUT2D eigenvalue weighted by Crippen LogP contribution is -2.68. The van der Waals surface area contributed by atoms with Crippen LogP contribution in [0, 0.1) is 29.3 Å². The Labute approximate surface area is 621 Å². The Balaban J connectivity index is 1.22. The molecule has 0 radical (unpaired) electrons. The fourth-order valence-corrected chi connectivity index (χ4v) is 15.8. The monoisotopic (exact) mass is 1510 g/mol. The highest BCUT2D eigenvalue weighted by atomic mass is 19.4. The van der Waals surface area contributed by atoms with E-state index in [1.165, 1.54) is 71.9 Å². The number of carbonyl (C=O) groups excluding carboxylic acids is 12. The minimum absolute atomic E-state index is 0.0142. The molecule has 0 unspecified atom stereocenters. The van der Waals surface area contributed by atoms with Gasteiger partial charge in [-0.1, -0.05) is 65.0 Å². The Morgan fingerprint density at radius 3 is 1.89 bits per heavy atom. The second-order valence-corrected chi connectivity index (χ2v) is 29.5. The van der Waals surface area contributed by atoms with Crippen molar-refractivity contribution in [2.75, 3.05) is 101 Å². The molecule has 1 spiro atoms. The number of rotatable bonds is 13. The van der Waals surface area contributed by atoms with Crippen LogP contribution in [0.5, 0.6) is 0 Å². The molecule has 2 saturated carbocycles. The highest BCUT2D eigenvalue weighted by molar-refractivity contribution is 6.01. The van der Waals surface area contributed by atoms with Crippen LogP contribution in [0.4, 0.5) is 26.3 Å². The van der Waals surface area contributed by atoms with E-state index in [1.807, 2.05) is 0 Å². The number of likely N-dealkylation sites (N-methyl/N-ethyl adjacent to an activating group) is 6. The third kappa shape index (κ3) is 19.9. The molecule has 107 heavy (non-hydrogen) atoms. The summed E-state index contributed by atoms with van der Waals surface area (Å²) < 4.78 is 98.1. The molecule has 2 bridgehead atoms. The van der Waals surface area contributed by atoms with Gasteiger partial charge in [0.1, 0.15) is 76.9 Å². The summed E-state index contributed by atoms with van der Waals surface area (Å²) in [5.74, 6) is -14.7. The number of hydrogen-bond acceptors (Lipinski definition) is 14. The van der Waals surface area contributed by atoms with E-state index in [4.69, 9.17) is 9.47 Å². The number of ether oxygens (including phenoxy) is 2. The predicted molar refractivity (Wildman–Crippen MR) is 378 cm³/mol. The molecule has 4 saturated heterocycles. The molecule has 2 aromatic carbocycles. The van der Waals surface area contributed by atoms with Gasteiger partial charge in [-0.15, -0.1) is 0 Å². The smallest absolute Gasteiger partial charge is 0.378 e. The second-order valence-electron chi connectivity index (χ2n) is 29.5. The maximum Gasteiger partial charge on any atom is 0.422 e. The van der Waals surface area contributed by atoms with Crippen molar-refractivity contribution < 1.29 is 93.4 Å². The van der Waals surface area contributed by atoms with Gasteiger partial charge in [0, 0.05) is 87.4 Å². The molecule has 6 fully saturated rings. The van der Waals surface area contributed by atoms with Crippen molar-refractivity contribution in [1.29, 1.82) is 0 Å². The van der Waals surface area contributed by atoms with Crippen LogP contribution < -0.4 is 16.0 Å². The zero-order chi connectivity index (χ0) is 78.5. The molecule has 0 aromatic heterocycles. The maximum absolute atomic E-state index is 15.9. The first kappa shape index (κ1) is 84.2. The molecule has 10 atom stereocenters. The number of amides is 12. The van der Waals surface area contributed by atoms with Gasteiger partial charge in [0.2, 0.25) is 70.9 Å². The van der Waals surface area contributed by atoms with Crippen molar-refractivity contribution >= 4 is 70.9 Å². The van der Waals surface area contributed by atoms with Crippen LogP contribution in [0.15, 0.2) is 36.4 Å². The summed E-state index contributed by atoms with van der Waals surface area (Å²) in [5, 5.41) is 8.39. The van der Waals surface area contributed by atoms with Crippen molar-refractivity contribution in [3.63, 3.8) is 0 Å². The van der Waals surface area contributed by atoms with Gasteiger partial charge in [0.05, 0.1) is 38.8 Å². The molecule has 8 rings (SSSR count). The van der Waals surface area contributed by atoms with Gasteiger partial charge in [0.15, 0.2) is 0 Å². The topological polar surface area (TPSA) is 289 Å². The molecule has 6 aliphatic rings. The van der Waals surface area contributed by atoms with Crippen molar-refractivity contribution in [2.24, 2.45) is 11.8 Å². The lowest BCUT2D eigenvalue weighted by molar-refractivity contribution is -0.159. The standard InChI is InChI=1S/C75H106F6N12O14/c1-11-45(5)63-71(103)86(7)44-61(96)88(9)55-23-16-15-19-32-92(70(55)102)57(39-46-24-27-49(76)28-25-46)68(100)85(6)43-59(94)82-53(29-26-47-37-51(77)62(52(78)38-47)75(79,80)81)67(99)93-42-50(107-14-4)40-56(93)66(98)84-74(30-20-31-74)73(105)89(10)64(48-21-17-18-22-48)72(104)91(13-3)58(69(101)90-33-35-106-36-34-90)41-60(95)87(8)54(12-2)65(97)83-63/h24-25,27-28,37-38,45,48,50,53-58,63-64H,11-23,26,29-36,39-44H2,1-10H3,(H,82,94)(H,83,97)(H,84,98)/t45-,50+,53-,54-,55-,56-,57-,58-,63-,64-/m0/s1. The van der Waals surface area contributed by atoms with E-state index < -0.39 is 204 Å². The van der Waals surface area contributed by atoms with Gasteiger partial charge in [-0.2, -0.15) is 13.2 Å². The average Bonchev–Trinajstić information content (AvgIpc) is 1.65. The summed E-state index contributed by atoms with van der Waals surface area (Å²) in [6.45, 7) is 7.17. The number of nitrogens with one attached hydrogen (secondary N) is 3.